The van der Waals surface area contributed by atoms with Crippen molar-refractivity contribution < 1.29 is 9.90 Å². The number of benzene rings is 1. The van der Waals surface area contributed by atoms with Gasteiger partial charge in [-0.1, -0.05) is 18.9 Å². The van der Waals surface area contributed by atoms with E-state index in [0.29, 0.717) is 18.0 Å². The van der Waals surface area contributed by atoms with Crippen molar-refractivity contribution in [1.82, 2.24) is 5.32 Å². The fourth-order valence-electron chi connectivity index (χ4n) is 1.70. The maximum absolute atomic E-state index is 11.8. The van der Waals surface area contributed by atoms with Gasteiger partial charge in [0.15, 0.2) is 0 Å². The number of phenolic OH excluding ortho intramolecular Hbond substituents is 1. The van der Waals surface area contributed by atoms with Crippen LogP contribution in [0.3, 0.4) is 0 Å². The minimum absolute atomic E-state index is 0.0367. The molecule has 0 aliphatic rings. The largest absolute Gasteiger partial charge is 0.507 e. The Hall–Kier alpha value is -1.22. The average Bonchev–Trinajstić information content (AvgIpc) is 2.33. The number of alkyl halides is 1. The topological polar surface area (TPSA) is 49.3 Å². The molecule has 0 aliphatic carbocycles. The van der Waals surface area contributed by atoms with Crippen molar-refractivity contribution in [1.29, 1.82) is 0 Å². The number of carbonyl (C=O) groups excluding carboxylic acids is 1. The first-order chi connectivity index (χ1) is 8.65. The highest BCUT2D eigenvalue weighted by molar-refractivity contribution is 6.17. The van der Waals surface area contributed by atoms with Crippen molar-refractivity contribution in [3.63, 3.8) is 0 Å². The molecule has 0 heterocycles. The van der Waals surface area contributed by atoms with Gasteiger partial charge in [-0.2, -0.15) is 0 Å². The average molecular weight is 270 g/mol. The van der Waals surface area contributed by atoms with Gasteiger partial charge < -0.3 is 10.4 Å². The summed E-state index contributed by atoms with van der Waals surface area (Å²) in [5, 5.41) is 12.5. The molecule has 0 aromatic heterocycles. The Balaban J connectivity index is 2.32. The van der Waals surface area contributed by atoms with Crippen LogP contribution >= 0.6 is 11.6 Å². The number of aryl methyl sites for hydroxylation is 1. The molecule has 0 unspecified atom stereocenters. The Morgan fingerprint density at radius 1 is 1.28 bits per heavy atom. The summed E-state index contributed by atoms with van der Waals surface area (Å²) in [6.07, 6.45) is 4.12. The summed E-state index contributed by atoms with van der Waals surface area (Å²) in [6.45, 7) is 2.51. The third-order valence-corrected chi connectivity index (χ3v) is 3.01. The summed E-state index contributed by atoms with van der Waals surface area (Å²) in [6, 6.07) is 5.05. The van der Waals surface area contributed by atoms with Crippen LogP contribution in [0.2, 0.25) is 0 Å². The zero-order chi connectivity index (χ0) is 13.4. The number of hydrogen-bond acceptors (Lipinski definition) is 2. The number of hydrogen-bond donors (Lipinski definition) is 2. The second kappa shape index (κ2) is 7.98. The second-order valence-electron chi connectivity index (χ2n) is 4.38. The molecule has 0 aliphatic heterocycles. The number of aromatic hydroxyl groups is 1. The molecule has 0 saturated carbocycles. The predicted octanol–water partition coefficient (Wildman–Crippen LogP) is 3.23. The molecule has 18 heavy (non-hydrogen) atoms. The number of amides is 1. The van der Waals surface area contributed by atoms with Gasteiger partial charge in [-0.15, -0.1) is 11.6 Å². The molecule has 1 rings (SSSR count). The third kappa shape index (κ3) is 4.96. The quantitative estimate of drug-likeness (QED) is 0.590. The van der Waals surface area contributed by atoms with Crippen molar-refractivity contribution in [2.24, 2.45) is 0 Å². The number of halogens is 1. The van der Waals surface area contributed by atoms with Gasteiger partial charge in [0, 0.05) is 12.4 Å². The summed E-state index contributed by atoms with van der Waals surface area (Å²) in [7, 11) is 0. The summed E-state index contributed by atoms with van der Waals surface area (Å²) in [5.41, 5.74) is 1.27. The van der Waals surface area contributed by atoms with E-state index in [1.807, 2.05) is 13.0 Å². The van der Waals surface area contributed by atoms with Gasteiger partial charge in [-0.25, -0.2) is 0 Å². The van der Waals surface area contributed by atoms with Crippen molar-refractivity contribution in [2.75, 3.05) is 12.4 Å². The van der Waals surface area contributed by atoms with Crippen LogP contribution in [0.5, 0.6) is 5.75 Å². The number of phenols is 1. The van der Waals surface area contributed by atoms with E-state index < -0.39 is 0 Å². The van der Waals surface area contributed by atoms with E-state index in [0.717, 1.165) is 31.2 Å². The minimum atomic E-state index is -0.218. The molecule has 0 fully saturated rings. The van der Waals surface area contributed by atoms with Gasteiger partial charge in [0.05, 0.1) is 5.56 Å². The van der Waals surface area contributed by atoms with Crippen LogP contribution in [0, 0.1) is 6.92 Å². The summed E-state index contributed by atoms with van der Waals surface area (Å²) in [5.74, 6) is 0.517. The molecule has 0 saturated heterocycles. The first-order valence-electron chi connectivity index (χ1n) is 6.29. The van der Waals surface area contributed by atoms with E-state index in [-0.39, 0.29) is 11.7 Å². The maximum Gasteiger partial charge on any atom is 0.255 e. The van der Waals surface area contributed by atoms with Crippen LogP contribution in [-0.2, 0) is 0 Å². The van der Waals surface area contributed by atoms with E-state index in [4.69, 9.17) is 11.6 Å². The van der Waals surface area contributed by atoms with Crippen LogP contribution in [0.1, 0.15) is 41.6 Å². The van der Waals surface area contributed by atoms with E-state index in [2.05, 4.69) is 5.32 Å². The highest BCUT2D eigenvalue weighted by atomic mass is 35.5. The Labute approximate surface area is 113 Å². The molecule has 4 heteroatoms. The lowest BCUT2D eigenvalue weighted by molar-refractivity contribution is 0.0950. The molecule has 0 atom stereocenters. The number of rotatable bonds is 7. The fourth-order valence-corrected chi connectivity index (χ4v) is 1.89. The molecule has 1 amide bonds. The van der Waals surface area contributed by atoms with Crippen molar-refractivity contribution in [2.45, 2.75) is 32.6 Å². The van der Waals surface area contributed by atoms with Crippen molar-refractivity contribution in [3.8, 4) is 5.75 Å². The molecule has 2 N–H and O–H groups in total. The van der Waals surface area contributed by atoms with E-state index in [1.165, 1.54) is 0 Å². The van der Waals surface area contributed by atoms with Gasteiger partial charge in [0.2, 0.25) is 0 Å². The van der Waals surface area contributed by atoms with Gasteiger partial charge in [-0.05, 0) is 37.5 Å². The number of unbranched alkanes of at least 4 members (excludes halogenated alkanes) is 3. The van der Waals surface area contributed by atoms with Gasteiger partial charge >= 0.3 is 0 Å². The minimum Gasteiger partial charge on any atom is -0.507 e. The van der Waals surface area contributed by atoms with Crippen LogP contribution in [0.25, 0.3) is 0 Å². The Morgan fingerprint density at radius 3 is 2.67 bits per heavy atom. The first-order valence-corrected chi connectivity index (χ1v) is 6.82. The molecule has 0 bridgehead atoms. The molecule has 100 valence electrons. The molecular weight excluding hydrogens is 250 g/mol. The second-order valence-corrected chi connectivity index (χ2v) is 4.76. The zero-order valence-corrected chi connectivity index (χ0v) is 11.5. The first kappa shape index (κ1) is 14.8. The molecule has 1 aromatic carbocycles. The van der Waals surface area contributed by atoms with Gasteiger partial charge in [0.1, 0.15) is 5.75 Å². The lowest BCUT2D eigenvalue weighted by Crippen LogP contribution is -2.24. The Kier molecular flexibility index (Phi) is 6.58. The zero-order valence-electron chi connectivity index (χ0n) is 10.7. The van der Waals surface area contributed by atoms with E-state index in [9.17, 15) is 9.90 Å². The standard InChI is InChI=1S/C14H20ClNO2/c1-11-6-7-12(13(17)10-11)14(18)16-9-5-3-2-4-8-15/h6-7,10,17H,2-5,8-9H2,1H3,(H,16,18). The van der Waals surface area contributed by atoms with Crippen LogP contribution in [-0.4, -0.2) is 23.4 Å². The fraction of sp³-hybridized carbons (Fsp3) is 0.500. The maximum atomic E-state index is 11.8. The SMILES string of the molecule is Cc1ccc(C(=O)NCCCCCCCl)c(O)c1. The Bertz CT molecular complexity index is 393. The summed E-state index contributed by atoms with van der Waals surface area (Å²) in [4.78, 5) is 11.8. The lowest BCUT2D eigenvalue weighted by Gasteiger charge is -2.07. The molecule has 3 nitrogen and oxygen atoms in total. The molecule has 0 spiro atoms. The van der Waals surface area contributed by atoms with E-state index in [1.54, 1.807) is 12.1 Å². The molecule has 0 radical (unpaired) electrons. The number of nitrogens with one attached hydrogen (secondary N) is 1. The van der Waals surface area contributed by atoms with Gasteiger partial charge in [0.25, 0.3) is 5.91 Å². The normalized spacial score (nSPS) is 10.3. The van der Waals surface area contributed by atoms with Crippen molar-refractivity contribution in [3.05, 3.63) is 29.3 Å². The highest BCUT2D eigenvalue weighted by Crippen LogP contribution is 2.18. The number of carbonyl (C=O) groups is 1. The monoisotopic (exact) mass is 269 g/mol. The third-order valence-electron chi connectivity index (χ3n) is 2.74. The molecule has 1 aromatic rings. The predicted molar refractivity (Wildman–Crippen MR) is 74.4 cm³/mol. The Morgan fingerprint density at radius 2 is 2.00 bits per heavy atom. The highest BCUT2D eigenvalue weighted by Gasteiger charge is 2.09. The van der Waals surface area contributed by atoms with Crippen molar-refractivity contribution >= 4 is 17.5 Å². The lowest BCUT2D eigenvalue weighted by atomic mass is 10.1. The van der Waals surface area contributed by atoms with Crippen LogP contribution in [0.4, 0.5) is 0 Å². The smallest absolute Gasteiger partial charge is 0.255 e. The summed E-state index contributed by atoms with van der Waals surface area (Å²) >= 11 is 5.58. The van der Waals surface area contributed by atoms with Gasteiger partial charge in [-0.3, -0.25) is 4.79 Å². The van der Waals surface area contributed by atoms with Crippen LogP contribution < -0.4 is 5.32 Å². The van der Waals surface area contributed by atoms with E-state index >= 15 is 0 Å². The summed E-state index contributed by atoms with van der Waals surface area (Å²) < 4.78 is 0. The van der Waals surface area contributed by atoms with Crippen LogP contribution in [0.15, 0.2) is 18.2 Å². The molecular formula is C14H20ClNO2.